The maximum Gasteiger partial charge on any atom is 0.209 e. The second-order valence-electron chi connectivity index (χ2n) is 15.0. The number of rotatable bonds is 10. The topological polar surface area (TPSA) is 15.5 Å². The fraction of sp³-hybridized carbons (Fsp3) is 0.400. The third-order valence-corrected chi connectivity index (χ3v) is 10.8. The van der Waals surface area contributed by atoms with Crippen LogP contribution in [0.25, 0.3) is 0 Å². The molecule has 0 radical (unpaired) electrons. The fourth-order valence-corrected chi connectivity index (χ4v) is 7.91. The summed E-state index contributed by atoms with van der Waals surface area (Å²) < 4.78 is 9.40. The molecule has 0 unspecified atom stereocenters. The number of unbranched alkanes of at least 4 members (excludes halogenated alkanes) is 1. The standard InChI is InChI=1S/C45H55N2O/c1-9-11-30-47-40-27-24-35(32(3)4)31-38(40)45(7,8)42(47)29-26-34-19-17-18-33(43(34)48-36-20-13-12-14-21-36)25-28-41-44(5,6)37-22-15-16-23-39(37)46(41)10-2/h12-16,20-29,31-32H,9-11,17-19,30H2,1-8H3/q+1. The van der Waals surface area contributed by atoms with Crippen LogP contribution in [0.1, 0.15) is 110 Å². The smallest absolute Gasteiger partial charge is 0.209 e. The van der Waals surface area contributed by atoms with Gasteiger partial charge in [-0.3, -0.25) is 0 Å². The van der Waals surface area contributed by atoms with Crippen molar-refractivity contribution in [2.75, 3.05) is 18.0 Å². The lowest BCUT2D eigenvalue weighted by Crippen LogP contribution is -2.28. The molecule has 0 spiro atoms. The Labute approximate surface area is 290 Å². The molecule has 2 heterocycles. The van der Waals surface area contributed by atoms with Crippen LogP contribution in [0.5, 0.6) is 5.75 Å². The summed E-state index contributed by atoms with van der Waals surface area (Å²) in [5.41, 5.74) is 12.0. The fourth-order valence-electron chi connectivity index (χ4n) is 7.91. The van der Waals surface area contributed by atoms with Gasteiger partial charge in [-0.05, 0) is 105 Å². The number of anilines is 1. The molecule has 0 fully saturated rings. The molecule has 3 nitrogen and oxygen atoms in total. The van der Waals surface area contributed by atoms with E-state index in [1.165, 1.54) is 63.5 Å². The van der Waals surface area contributed by atoms with Crippen molar-refractivity contribution in [2.45, 2.75) is 104 Å². The number of allylic oxidation sites excluding steroid dienone is 7. The Morgan fingerprint density at radius 3 is 2.31 bits per heavy atom. The average Bonchev–Trinajstić information content (AvgIpc) is 3.44. The van der Waals surface area contributed by atoms with Crippen LogP contribution < -0.4 is 9.64 Å². The minimum Gasteiger partial charge on any atom is -0.457 e. The minimum absolute atomic E-state index is 0.0672. The van der Waals surface area contributed by atoms with Crippen LogP contribution in [-0.4, -0.2) is 23.4 Å². The van der Waals surface area contributed by atoms with Crippen LogP contribution in [0.2, 0.25) is 0 Å². The molecule has 3 aliphatic rings. The number of nitrogens with zero attached hydrogens (tertiary/aromatic N) is 2. The molecule has 0 saturated carbocycles. The number of benzene rings is 3. The second-order valence-corrected chi connectivity index (χ2v) is 15.0. The Hall–Kier alpha value is -4.11. The first kappa shape index (κ1) is 33.8. The first-order chi connectivity index (χ1) is 23.1. The Morgan fingerprint density at radius 1 is 0.833 bits per heavy atom. The normalized spacial score (nSPS) is 20.1. The van der Waals surface area contributed by atoms with Gasteiger partial charge in [0.2, 0.25) is 5.69 Å². The van der Waals surface area contributed by atoms with Gasteiger partial charge < -0.3 is 9.64 Å². The summed E-state index contributed by atoms with van der Waals surface area (Å²) >= 11 is 0. The molecular weight excluding hydrogens is 585 g/mol. The van der Waals surface area contributed by atoms with Gasteiger partial charge in [0.1, 0.15) is 18.1 Å². The molecule has 3 aromatic carbocycles. The van der Waals surface area contributed by atoms with E-state index in [2.05, 4.69) is 162 Å². The SMILES string of the molecule is CCCC[N+]1=C(C=CC2=C(Oc3ccccc3)C(=CC=C3N(CC)c4ccccc4C3(C)C)CCC2)C(C)(C)c2cc(C(C)C)ccc21. The Morgan fingerprint density at radius 2 is 1.58 bits per heavy atom. The van der Waals surface area contributed by atoms with E-state index in [0.29, 0.717) is 5.92 Å². The van der Waals surface area contributed by atoms with Crippen molar-refractivity contribution in [1.29, 1.82) is 0 Å². The van der Waals surface area contributed by atoms with E-state index in [9.17, 15) is 0 Å². The molecule has 0 N–H and O–H groups in total. The molecule has 1 aliphatic carbocycles. The average molecular weight is 640 g/mol. The molecule has 48 heavy (non-hydrogen) atoms. The number of hydrogen-bond donors (Lipinski definition) is 0. The maximum atomic E-state index is 6.82. The number of fused-ring (bicyclic) bond motifs is 2. The second kappa shape index (κ2) is 13.8. The summed E-state index contributed by atoms with van der Waals surface area (Å²) in [6.45, 7) is 20.6. The van der Waals surface area contributed by atoms with E-state index in [-0.39, 0.29) is 10.8 Å². The molecule has 0 bridgehead atoms. The van der Waals surface area contributed by atoms with E-state index in [0.717, 1.165) is 43.9 Å². The summed E-state index contributed by atoms with van der Waals surface area (Å²) in [4.78, 5) is 2.48. The van der Waals surface area contributed by atoms with Crippen LogP contribution in [-0.2, 0) is 10.8 Å². The molecule has 0 saturated heterocycles. The van der Waals surface area contributed by atoms with Crippen LogP contribution in [0.4, 0.5) is 11.4 Å². The van der Waals surface area contributed by atoms with Crippen LogP contribution in [0.3, 0.4) is 0 Å². The predicted octanol–water partition coefficient (Wildman–Crippen LogP) is 11.7. The third kappa shape index (κ3) is 6.25. The summed E-state index contributed by atoms with van der Waals surface area (Å²) in [7, 11) is 0. The molecule has 2 aliphatic heterocycles. The van der Waals surface area contributed by atoms with Gasteiger partial charge in [0.25, 0.3) is 0 Å². The molecule has 3 heteroatoms. The largest absolute Gasteiger partial charge is 0.457 e. The van der Waals surface area contributed by atoms with Crippen LogP contribution in [0, 0.1) is 0 Å². The molecule has 3 aromatic rings. The lowest BCUT2D eigenvalue weighted by Gasteiger charge is -2.26. The number of ether oxygens (including phenoxy) is 1. The monoisotopic (exact) mass is 639 g/mol. The Bertz CT molecular complexity index is 1810. The van der Waals surface area contributed by atoms with Crippen molar-refractivity contribution in [3.8, 4) is 5.75 Å². The number of likely N-dealkylation sites (N-methyl/N-ethyl adjacent to an activating group) is 1. The minimum atomic E-state index is -0.0874. The van der Waals surface area contributed by atoms with Gasteiger partial charge in [0.05, 0.1) is 5.41 Å². The first-order valence-corrected chi connectivity index (χ1v) is 18.3. The van der Waals surface area contributed by atoms with E-state index in [4.69, 9.17) is 4.74 Å². The highest BCUT2D eigenvalue weighted by atomic mass is 16.5. The predicted molar refractivity (Wildman–Crippen MR) is 204 cm³/mol. The van der Waals surface area contributed by atoms with Gasteiger partial charge >= 0.3 is 0 Å². The molecule has 0 aromatic heterocycles. The van der Waals surface area contributed by atoms with Crippen molar-refractivity contribution in [3.05, 3.63) is 136 Å². The van der Waals surface area contributed by atoms with Gasteiger partial charge in [0, 0.05) is 47.5 Å². The van der Waals surface area contributed by atoms with Gasteiger partial charge in [0.15, 0.2) is 5.71 Å². The zero-order valence-electron chi connectivity index (χ0n) is 30.6. The highest BCUT2D eigenvalue weighted by Gasteiger charge is 2.44. The van der Waals surface area contributed by atoms with E-state index >= 15 is 0 Å². The van der Waals surface area contributed by atoms with Crippen molar-refractivity contribution in [3.63, 3.8) is 0 Å². The van der Waals surface area contributed by atoms with Crippen molar-refractivity contribution < 1.29 is 9.31 Å². The van der Waals surface area contributed by atoms with E-state index < -0.39 is 0 Å². The van der Waals surface area contributed by atoms with E-state index in [1.54, 1.807) is 0 Å². The van der Waals surface area contributed by atoms with Crippen molar-refractivity contribution in [2.24, 2.45) is 0 Å². The molecule has 0 amide bonds. The maximum absolute atomic E-state index is 6.82. The Kier molecular flexibility index (Phi) is 9.70. The van der Waals surface area contributed by atoms with Gasteiger partial charge in [-0.1, -0.05) is 89.6 Å². The number of hydrogen-bond acceptors (Lipinski definition) is 2. The highest BCUT2D eigenvalue weighted by molar-refractivity contribution is 6.03. The van der Waals surface area contributed by atoms with Gasteiger partial charge in [-0.25, -0.2) is 0 Å². The highest BCUT2D eigenvalue weighted by Crippen LogP contribution is 2.48. The van der Waals surface area contributed by atoms with Gasteiger partial charge in [-0.2, -0.15) is 4.58 Å². The molecule has 250 valence electrons. The van der Waals surface area contributed by atoms with Crippen molar-refractivity contribution in [1.82, 2.24) is 0 Å². The Balaban J connectivity index is 1.44. The summed E-state index contributed by atoms with van der Waals surface area (Å²) in [5.74, 6) is 2.40. The van der Waals surface area contributed by atoms with Gasteiger partial charge in [-0.15, -0.1) is 0 Å². The summed E-state index contributed by atoms with van der Waals surface area (Å²) in [5, 5.41) is 0. The molecular formula is C45H55N2O+. The zero-order chi connectivity index (χ0) is 34.1. The van der Waals surface area contributed by atoms with E-state index in [1.807, 2.05) is 0 Å². The van der Waals surface area contributed by atoms with Crippen LogP contribution >= 0.6 is 0 Å². The summed E-state index contributed by atoms with van der Waals surface area (Å²) in [6.07, 6.45) is 14.9. The van der Waals surface area contributed by atoms with Crippen LogP contribution in [0.15, 0.2) is 120 Å². The lowest BCUT2D eigenvalue weighted by molar-refractivity contribution is -0.438. The van der Waals surface area contributed by atoms with Crippen molar-refractivity contribution >= 4 is 17.1 Å². The molecule has 6 rings (SSSR count). The third-order valence-electron chi connectivity index (χ3n) is 10.8. The lowest BCUT2D eigenvalue weighted by atomic mass is 9.79. The quantitative estimate of drug-likeness (QED) is 0.205. The zero-order valence-corrected chi connectivity index (χ0v) is 30.6. The first-order valence-electron chi connectivity index (χ1n) is 18.3. The molecule has 0 atom stereocenters. The summed E-state index contributed by atoms with van der Waals surface area (Å²) in [6, 6.07) is 26.3. The number of para-hydroxylation sites is 2.